The molecular formula is C18H31N3O4. The number of piperidine rings is 1. The van der Waals surface area contributed by atoms with Crippen LogP contribution < -0.4 is 0 Å². The Morgan fingerprint density at radius 3 is 2.64 bits per heavy atom. The Morgan fingerprint density at radius 2 is 1.92 bits per heavy atom. The lowest BCUT2D eigenvalue weighted by molar-refractivity contribution is -0.155. The van der Waals surface area contributed by atoms with Crippen LogP contribution in [-0.2, 0) is 14.3 Å². The number of rotatable bonds is 4. The van der Waals surface area contributed by atoms with Crippen LogP contribution in [0.4, 0.5) is 4.79 Å². The molecule has 3 aliphatic rings. The van der Waals surface area contributed by atoms with Crippen molar-refractivity contribution in [1.82, 2.24) is 14.7 Å². The maximum atomic E-state index is 12.8. The van der Waals surface area contributed by atoms with E-state index in [0.717, 1.165) is 58.3 Å². The van der Waals surface area contributed by atoms with Crippen LogP contribution in [0.15, 0.2) is 0 Å². The highest BCUT2D eigenvalue weighted by Crippen LogP contribution is 2.40. The summed E-state index contributed by atoms with van der Waals surface area (Å²) in [5.41, 5.74) is -0.182. The van der Waals surface area contributed by atoms with E-state index in [1.165, 1.54) is 4.90 Å². The number of amides is 3. The molecule has 0 saturated carbocycles. The molecule has 0 bridgehead atoms. The third kappa shape index (κ3) is 4.08. The van der Waals surface area contributed by atoms with Gasteiger partial charge in [-0.15, -0.1) is 0 Å². The summed E-state index contributed by atoms with van der Waals surface area (Å²) in [4.78, 5) is 30.1. The zero-order chi connectivity index (χ0) is 17.9. The molecule has 3 amide bonds. The Balaban J connectivity index is 1.63. The zero-order valence-electron chi connectivity index (χ0n) is 15.5. The molecule has 3 aliphatic heterocycles. The van der Waals surface area contributed by atoms with Crippen LogP contribution in [0.25, 0.3) is 0 Å². The van der Waals surface area contributed by atoms with Crippen LogP contribution in [0.3, 0.4) is 0 Å². The first-order valence-electron chi connectivity index (χ1n) is 9.45. The van der Waals surface area contributed by atoms with Crippen molar-refractivity contribution in [2.24, 2.45) is 5.41 Å². The van der Waals surface area contributed by atoms with E-state index in [2.05, 4.69) is 0 Å². The molecule has 7 heteroatoms. The molecule has 7 nitrogen and oxygen atoms in total. The minimum atomic E-state index is -0.182. The smallest absolute Gasteiger partial charge is 0.320 e. The summed E-state index contributed by atoms with van der Waals surface area (Å²) in [5, 5.41) is 0. The lowest BCUT2D eigenvalue weighted by Gasteiger charge is -2.50. The van der Waals surface area contributed by atoms with Gasteiger partial charge in [-0.05, 0) is 32.1 Å². The molecule has 0 aromatic rings. The Hall–Kier alpha value is -1.34. The van der Waals surface area contributed by atoms with Gasteiger partial charge in [0.05, 0.1) is 12.7 Å². The van der Waals surface area contributed by atoms with Gasteiger partial charge in [-0.3, -0.25) is 4.79 Å². The molecule has 0 spiro atoms. The van der Waals surface area contributed by atoms with E-state index >= 15 is 0 Å². The molecule has 3 heterocycles. The maximum Gasteiger partial charge on any atom is 0.320 e. The van der Waals surface area contributed by atoms with Gasteiger partial charge in [0.1, 0.15) is 6.61 Å². The van der Waals surface area contributed by atoms with Crippen molar-refractivity contribution in [1.29, 1.82) is 0 Å². The molecule has 0 aliphatic carbocycles. The average Bonchev–Trinajstić information content (AvgIpc) is 3.15. The minimum Gasteiger partial charge on any atom is -0.377 e. The summed E-state index contributed by atoms with van der Waals surface area (Å²) in [6.45, 7) is 4.50. The van der Waals surface area contributed by atoms with E-state index in [1.807, 2.05) is 9.80 Å². The van der Waals surface area contributed by atoms with E-state index in [4.69, 9.17) is 9.47 Å². The summed E-state index contributed by atoms with van der Waals surface area (Å²) < 4.78 is 11.8. The van der Waals surface area contributed by atoms with Crippen LogP contribution in [0.5, 0.6) is 0 Å². The van der Waals surface area contributed by atoms with Crippen LogP contribution in [0, 0.1) is 5.41 Å². The van der Waals surface area contributed by atoms with Crippen LogP contribution in [0.1, 0.15) is 32.1 Å². The molecule has 0 N–H and O–H groups in total. The molecule has 3 rings (SSSR count). The lowest BCUT2D eigenvalue weighted by atomic mass is 9.73. The van der Waals surface area contributed by atoms with Gasteiger partial charge in [0, 0.05) is 52.3 Å². The minimum absolute atomic E-state index is 0.0366. The van der Waals surface area contributed by atoms with E-state index in [-0.39, 0.29) is 30.1 Å². The summed E-state index contributed by atoms with van der Waals surface area (Å²) in [6.07, 6.45) is 5.15. The van der Waals surface area contributed by atoms with Crippen molar-refractivity contribution >= 4 is 11.9 Å². The summed E-state index contributed by atoms with van der Waals surface area (Å²) >= 11 is 0. The fourth-order valence-electron chi connectivity index (χ4n) is 4.24. The van der Waals surface area contributed by atoms with Crippen molar-refractivity contribution in [2.75, 3.05) is 60.1 Å². The number of ether oxygens (including phenoxy) is 2. The largest absolute Gasteiger partial charge is 0.377 e. The van der Waals surface area contributed by atoms with Crippen molar-refractivity contribution < 1.29 is 19.1 Å². The number of carbonyl (C=O) groups excluding carboxylic acids is 2. The Kier molecular flexibility index (Phi) is 5.84. The second-order valence-corrected chi connectivity index (χ2v) is 7.79. The molecule has 3 fully saturated rings. The van der Waals surface area contributed by atoms with Crippen LogP contribution >= 0.6 is 0 Å². The normalized spacial score (nSPS) is 29.4. The van der Waals surface area contributed by atoms with Crippen molar-refractivity contribution in [3.05, 3.63) is 0 Å². The highest BCUT2D eigenvalue weighted by Gasteiger charge is 2.47. The molecule has 25 heavy (non-hydrogen) atoms. The average molecular weight is 353 g/mol. The van der Waals surface area contributed by atoms with Gasteiger partial charge in [0.25, 0.3) is 0 Å². The van der Waals surface area contributed by atoms with Crippen LogP contribution in [-0.4, -0.2) is 92.8 Å². The number of likely N-dealkylation sites (N-methyl/N-ethyl adjacent to an activating group) is 1. The topological polar surface area (TPSA) is 62.3 Å². The van der Waals surface area contributed by atoms with Crippen molar-refractivity contribution in [3.8, 4) is 0 Å². The molecule has 0 aromatic heterocycles. The number of carbonyl (C=O) groups is 2. The molecule has 142 valence electrons. The number of urea groups is 1. The van der Waals surface area contributed by atoms with Gasteiger partial charge in [-0.25, -0.2) is 4.79 Å². The second kappa shape index (κ2) is 7.91. The number of fused-ring (bicyclic) bond motifs is 1. The number of likely N-dealkylation sites (tertiary alicyclic amines) is 2. The van der Waals surface area contributed by atoms with Gasteiger partial charge < -0.3 is 24.2 Å². The summed E-state index contributed by atoms with van der Waals surface area (Å²) in [5.74, 6) is -0.0366. The molecular weight excluding hydrogens is 322 g/mol. The van der Waals surface area contributed by atoms with E-state index < -0.39 is 0 Å². The van der Waals surface area contributed by atoms with E-state index in [9.17, 15) is 9.59 Å². The van der Waals surface area contributed by atoms with Gasteiger partial charge in [0.2, 0.25) is 5.91 Å². The highest BCUT2D eigenvalue weighted by molar-refractivity contribution is 5.76. The molecule has 3 saturated heterocycles. The van der Waals surface area contributed by atoms with Gasteiger partial charge >= 0.3 is 6.03 Å². The third-order valence-corrected chi connectivity index (χ3v) is 5.75. The predicted molar refractivity (Wildman–Crippen MR) is 93.3 cm³/mol. The molecule has 0 unspecified atom stereocenters. The van der Waals surface area contributed by atoms with Gasteiger partial charge in [-0.1, -0.05) is 0 Å². The standard InChI is InChI=1S/C18H31N3O4/c1-19(2)16(22)12-24-14-18-7-5-11-25-15(18)6-10-21(13-18)17(23)20-8-3-4-9-20/h15H,3-14H2,1-2H3/t15-,18+/m0/s1. The first kappa shape index (κ1) is 18.5. The lowest BCUT2D eigenvalue weighted by Crippen LogP contribution is -2.59. The summed E-state index contributed by atoms with van der Waals surface area (Å²) in [6, 6.07) is 0.158. The Labute approximate surface area is 150 Å². The Morgan fingerprint density at radius 1 is 1.16 bits per heavy atom. The second-order valence-electron chi connectivity index (χ2n) is 7.79. The molecule has 0 radical (unpaired) electrons. The SMILES string of the molecule is CN(C)C(=O)COC[C@]12CCCO[C@H]1CCN(C(=O)N1CCCC1)C2. The maximum absolute atomic E-state index is 12.8. The highest BCUT2D eigenvalue weighted by atomic mass is 16.5. The predicted octanol–water partition coefficient (Wildman–Crippen LogP) is 1.18. The first-order chi connectivity index (χ1) is 12.0. The number of nitrogens with zero attached hydrogens (tertiary/aromatic N) is 3. The number of hydrogen-bond donors (Lipinski definition) is 0. The third-order valence-electron chi connectivity index (χ3n) is 5.75. The zero-order valence-corrected chi connectivity index (χ0v) is 15.5. The van der Waals surface area contributed by atoms with E-state index in [0.29, 0.717) is 13.2 Å². The summed E-state index contributed by atoms with van der Waals surface area (Å²) in [7, 11) is 3.46. The monoisotopic (exact) mass is 353 g/mol. The quantitative estimate of drug-likeness (QED) is 0.761. The first-order valence-corrected chi connectivity index (χ1v) is 9.45. The molecule has 2 atom stereocenters. The van der Waals surface area contributed by atoms with Gasteiger partial charge in [0.15, 0.2) is 0 Å². The van der Waals surface area contributed by atoms with Crippen molar-refractivity contribution in [3.63, 3.8) is 0 Å². The fraction of sp³-hybridized carbons (Fsp3) is 0.889. The van der Waals surface area contributed by atoms with Crippen molar-refractivity contribution in [2.45, 2.75) is 38.2 Å². The van der Waals surface area contributed by atoms with Gasteiger partial charge in [-0.2, -0.15) is 0 Å². The van der Waals surface area contributed by atoms with E-state index in [1.54, 1.807) is 14.1 Å². The number of hydrogen-bond acceptors (Lipinski definition) is 4. The fourth-order valence-corrected chi connectivity index (χ4v) is 4.24. The Bertz CT molecular complexity index is 493. The van der Waals surface area contributed by atoms with Crippen LogP contribution in [0.2, 0.25) is 0 Å². The molecule has 0 aromatic carbocycles.